The van der Waals surface area contributed by atoms with Crippen LogP contribution in [0.3, 0.4) is 0 Å². The zero-order valence-corrected chi connectivity index (χ0v) is 14.5. The number of rotatable bonds is 5. The predicted molar refractivity (Wildman–Crippen MR) is 89.6 cm³/mol. The third-order valence-electron chi connectivity index (χ3n) is 3.85. The first-order valence-electron chi connectivity index (χ1n) is 7.76. The Labute approximate surface area is 137 Å². The molecule has 0 aliphatic heterocycles. The summed E-state index contributed by atoms with van der Waals surface area (Å²) in [6.07, 6.45) is 4.58. The standard InChI is InChI=1S/C16H24Cl2N2O/c1-4-5-19-15-13(17)9-14(18)16(20-15)21-12-7-10(2)6-11(3)8-12/h9-12H,4-8H2,1-3H3,(H,19,20). The van der Waals surface area contributed by atoms with Crippen LogP contribution < -0.4 is 10.1 Å². The maximum absolute atomic E-state index is 6.23. The Hall–Kier alpha value is -0.670. The Balaban J connectivity index is 2.11. The topological polar surface area (TPSA) is 34.2 Å². The van der Waals surface area contributed by atoms with Gasteiger partial charge in [0.15, 0.2) is 0 Å². The van der Waals surface area contributed by atoms with E-state index in [1.165, 1.54) is 6.42 Å². The summed E-state index contributed by atoms with van der Waals surface area (Å²) in [5, 5.41) is 4.22. The largest absolute Gasteiger partial charge is 0.473 e. The van der Waals surface area contributed by atoms with Crippen LogP contribution in [0.15, 0.2) is 6.07 Å². The number of anilines is 1. The van der Waals surface area contributed by atoms with Crippen LogP contribution in [0.4, 0.5) is 5.82 Å². The molecule has 1 aliphatic carbocycles. The summed E-state index contributed by atoms with van der Waals surface area (Å²) in [7, 11) is 0. The minimum absolute atomic E-state index is 0.189. The summed E-state index contributed by atoms with van der Waals surface area (Å²) in [6.45, 7) is 7.47. The molecule has 0 amide bonds. The fraction of sp³-hybridized carbons (Fsp3) is 0.688. The number of nitrogens with one attached hydrogen (secondary N) is 1. The van der Waals surface area contributed by atoms with Gasteiger partial charge < -0.3 is 10.1 Å². The summed E-state index contributed by atoms with van der Waals surface area (Å²) in [6, 6.07) is 1.71. The number of halogens is 2. The molecule has 2 atom stereocenters. The van der Waals surface area contributed by atoms with Crippen LogP contribution in [0.5, 0.6) is 5.88 Å². The van der Waals surface area contributed by atoms with E-state index in [1.807, 2.05) is 0 Å². The van der Waals surface area contributed by atoms with Gasteiger partial charge in [-0.3, -0.25) is 0 Å². The molecule has 0 spiro atoms. The first-order chi connectivity index (χ1) is 9.99. The second kappa shape index (κ2) is 7.55. The van der Waals surface area contributed by atoms with E-state index in [9.17, 15) is 0 Å². The maximum atomic E-state index is 6.23. The van der Waals surface area contributed by atoms with Gasteiger partial charge in [0.05, 0.1) is 5.02 Å². The van der Waals surface area contributed by atoms with Crippen LogP contribution in [0, 0.1) is 11.8 Å². The second-order valence-corrected chi connectivity index (χ2v) is 7.00. The Kier molecular flexibility index (Phi) is 6.00. The highest BCUT2D eigenvalue weighted by molar-refractivity contribution is 6.36. The number of hydrogen-bond donors (Lipinski definition) is 1. The van der Waals surface area contributed by atoms with Gasteiger partial charge in [-0.25, -0.2) is 0 Å². The van der Waals surface area contributed by atoms with Crippen molar-refractivity contribution in [1.82, 2.24) is 4.98 Å². The van der Waals surface area contributed by atoms with Gasteiger partial charge in [0.2, 0.25) is 5.88 Å². The third kappa shape index (κ3) is 4.65. The minimum atomic E-state index is 0.189. The molecular formula is C16H24Cl2N2O. The molecule has 5 heteroatoms. The lowest BCUT2D eigenvalue weighted by molar-refractivity contribution is 0.0969. The smallest absolute Gasteiger partial charge is 0.234 e. The number of hydrogen-bond acceptors (Lipinski definition) is 3. The van der Waals surface area contributed by atoms with Crippen molar-refractivity contribution < 1.29 is 4.74 Å². The molecule has 1 heterocycles. The molecule has 3 nitrogen and oxygen atoms in total. The lowest BCUT2D eigenvalue weighted by atomic mass is 9.82. The lowest BCUT2D eigenvalue weighted by Crippen LogP contribution is -2.29. The first kappa shape index (κ1) is 16.7. The second-order valence-electron chi connectivity index (χ2n) is 6.19. The highest BCUT2D eigenvalue weighted by Crippen LogP contribution is 2.35. The molecule has 0 bridgehead atoms. The monoisotopic (exact) mass is 330 g/mol. The van der Waals surface area contributed by atoms with Crippen molar-refractivity contribution >= 4 is 29.0 Å². The fourth-order valence-electron chi connectivity index (χ4n) is 3.03. The van der Waals surface area contributed by atoms with Crippen molar-refractivity contribution in [2.75, 3.05) is 11.9 Å². The van der Waals surface area contributed by atoms with Crippen LogP contribution in [0.25, 0.3) is 0 Å². The van der Waals surface area contributed by atoms with E-state index < -0.39 is 0 Å². The predicted octanol–water partition coefficient (Wildman–Crippen LogP) is 5.41. The summed E-state index contributed by atoms with van der Waals surface area (Å²) >= 11 is 12.4. The third-order valence-corrected chi connectivity index (χ3v) is 4.41. The molecule has 1 N–H and O–H groups in total. The highest BCUT2D eigenvalue weighted by Gasteiger charge is 2.26. The highest BCUT2D eigenvalue weighted by atomic mass is 35.5. The van der Waals surface area contributed by atoms with Gasteiger partial charge in [-0.05, 0) is 43.6 Å². The zero-order valence-electron chi connectivity index (χ0n) is 13.0. The SMILES string of the molecule is CCCNc1nc(OC2CC(C)CC(C)C2)c(Cl)cc1Cl. The molecule has 1 aromatic heterocycles. The van der Waals surface area contributed by atoms with Crippen LogP contribution in [0.1, 0.15) is 46.5 Å². The maximum Gasteiger partial charge on any atom is 0.234 e. The van der Waals surface area contributed by atoms with E-state index >= 15 is 0 Å². The molecule has 2 rings (SSSR count). The number of nitrogens with zero attached hydrogens (tertiary/aromatic N) is 1. The molecule has 0 radical (unpaired) electrons. The lowest BCUT2D eigenvalue weighted by Gasteiger charge is -2.31. The average Bonchev–Trinajstić information content (AvgIpc) is 2.39. The van der Waals surface area contributed by atoms with E-state index in [2.05, 4.69) is 31.1 Å². The van der Waals surface area contributed by atoms with Crippen molar-refractivity contribution in [1.29, 1.82) is 0 Å². The number of aromatic nitrogens is 1. The fourth-order valence-corrected chi connectivity index (χ4v) is 3.50. The zero-order chi connectivity index (χ0) is 15.4. The number of pyridine rings is 1. The van der Waals surface area contributed by atoms with Gasteiger partial charge in [-0.2, -0.15) is 4.98 Å². The summed E-state index contributed by atoms with van der Waals surface area (Å²) in [4.78, 5) is 4.46. The minimum Gasteiger partial charge on any atom is -0.473 e. The first-order valence-corrected chi connectivity index (χ1v) is 8.51. The Bertz CT molecular complexity index is 472. The van der Waals surface area contributed by atoms with E-state index in [0.29, 0.717) is 33.6 Å². The van der Waals surface area contributed by atoms with E-state index in [0.717, 1.165) is 25.8 Å². The Morgan fingerprint density at radius 1 is 1.19 bits per heavy atom. The van der Waals surface area contributed by atoms with Crippen molar-refractivity contribution in [3.8, 4) is 5.88 Å². The molecule has 0 saturated heterocycles. The van der Waals surface area contributed by atoms with Gasteiger partial charge in [-0.1, -0.05) is 44.0 Å². The summed E-state index contributed by atoms with van der Waals surface area (Å²) in [5.74, 6) is 2.51. The van der Waals surface area contributed by atoms with Crippen molar-refractivity contribution in [3.05, 3.63) is 16.1 Å². The van der Waals surface area contributed by atoms with E-state index in [-0.39, 0.29) is 6.10 Å². The molecule has 118 valence electrons. The van der Waals surface area contributed by atoms with Gasteiger partial charge in [0.1, 0.15) is 16.9 Å². The molecular weight excluding hydrogens is 307 g/mol. The van der Waals surface area contributed by atoms with Crippen LogP contribution >= 0.6 is 23.2 Å². The molecule has 1 aromatic rings. The Morgan fingerprint density at radius 3 is 2.48 bits per heavy atom. The van der Waals surface area contributed by atoms with E-state index in [1.54, 1.807) is 6.07 Å². The molecule has 1 saturated carbocycles. The van der Waals surface area contributed by atoms with Crippen LogP contribution in [0.2, 0.25) is 10.0 Å². The van der Waals surface area contributed by atoms with Crippen molar-refractivity contribution in [2.45, 2.75) is 52.6 Å². The molecule has 2 unspecified atom stereocenters. The quantitative estimate of drug-likeness (QED) is 0.783. The van der Waals surface area contributed by atoms with Crippen molar-refractivity contribution in [2.24, 2.45) is 11.8 Å². The van der Waals surface area contributed by atoms with Crippen molar-refractivity contribution in [3.63, 3.8) is 0 Å². The van der Waals surface area contributed by atoms with Crippen LogP contribution in [-0.2, 0) is 0 Å². The average molecular weight is 331 g/mol. The summed E-state index contributed by atoms with van der Waals surface area (Å²) < 4.78 is 6.06. The summed E-state index contributed by atoms with van der Waals surface area (Å²) in [5.41, 5.74) is 0. The molecule has 21 heavy (non-hydrogen) atoms. The van der Waals surface area contributed by atoms with Gasteiger partial charge in [0, 0.05) is 6.54 Å². The van der Waals surface area contributed by atoms with Crippen LogP contribution in [-0.4, -0.2) is 17.6 Å². The molecule has 0 aromatic carbocycles. The number of ether oxygens (including phenoxy) is 1. The Morgan fingerprint density at radius 2 is 1.86 bits per heavy atom. The van der Waals surface area contributed by atoms with E-state index in [4.69, 9.17) is 27.9 Å². The normalized spacial score (nSPS) is 25.7. The van der Waals surface area contributed by atoms with Gasteiger partial charge in [-0.15, -0.1) is 0 Å². The van der Waals surface area contributed by atoms with Gasteiger partial charge >= 0.3 is 0 Å². The molecule has 1 aliphatic rings. The molecule has 1 fully saturated rings. The van der Waals surface area contributed by atoms with Gasteiger partial charge in [0.25, 0.3) is 0 Å².